The Bertz CT molecular complexity index is 1040. The number of aromatic nitrogens is 1. The van der Waals surface area contributed by atoms with Crippen molar-refractivity contribution in [3.63, 3.8) is 0 Å². The molecule has 0 spiro atoms. The van der Waals surface area contributed by atoms with Crippen LogP contribution in [-0.4, -0.2) is 16.9 Å². The van der Waals surface area contributed by atoms with Crippen LogP contribution >= 0.6 is 0 Å². The molecule has 0 bridgehead atoms. The van der Waals surface area contributed by atoms with Gasteiger partial charge in [0.15, 0.2) is 0 Å². The molecule has 1 amide bonds. The fraction of sp³-hybridized carbons (Fsp3) is 0.318. The third-order valence-corrected chi connectivity index (χ3v) is 5.30. The zero-order chi connectivity index (χ0) is 19.0. The van der Waals surface area contributed by atoms with Gasteiger partial charge in [-0.25, -0.2) is 0 Å². The van der Waals surface area contributed by atoms with Crippen molar-refractivity contribution in [1.82, 2.24) is 10.3 Å². The van der Waals surface area contributed by atoms with Gasteiger partial charge < -0.3 is 10.3 Å². The van der Waals surface area contributed by atoms with E-state index in [1.54, 1.807) is 6.07 Å². The van der Waals surface area contributed by atoms with Crippen molar-refractivity contribution in [2.45, 2.75) is 44.6 Å². The molecule has 1 atom stereocenters. The number of H-pyrrole nitrogens is 1. The van der Waals surface area contributed by atoms with E-state index in [4.69, 9.17) is 0 Å². The van der Waals surface area contributed by atoms with Crippen LogP contribution in [0.2, 0.25) is 0 Å². The lowest BCUT2D eigenvalue weighted by molar-refractivity contribution is -0.119. The lowest BCUT2D eigenvalue weighted by Gasteiger charge is -2.14. The fourth-order valence-electron chi connectivity index (χ4n) is 3.62. The predicted octanol–water partition coefficient (Wildman–Crippen LogP) is 3.14. The molecule has 27 heavy (non-hydrogen) atoms. The number of nitrogens with zero attached hydrogens (tertiary/aromatic N) is 1. The van der Waals surface area contributed by atoms with Gasteiger partial charge in [-0.3, -0.25) is 9.59 Å². The van der Waals surface area contributed by atoms with Crippen LogP contribution in [0.5, 0.6) is 0 Å². The number of rotatable bonds is 4. The van der Waals surface area contributed by atoms with Crippen molar-refractivity contribution >= 4 is 11.5 Å². The summed E-state index contributed by atoms with van der Waals surface area (Å²) in [5, 5.41) is 12.1. The lowest BCUT2D eigenvalue weighted by atomic mass is 9.95. The number of amides is 1. The summed E-state index contributed by atoms with van der Waals surface area (Å²) in [7, 11) is 0. The molecule has 0 unspecified atom stereocenters. The second-order valence-electron chi connectivity index (χ2n) is 7.37. The number of aryl methyl sites for hydroxylation is 1. The Morgan fingerprint density at radius 2 is 2.00 bits per heavy atom. The Morgan fingerprint density at radius 1 is 1.19 bits per heavy atom. The van der Waals surface area contributed by atoms with Gasteiger partial charge in [0, 0.05) is 29.3 Å². The summed E-state index contributed by atoms with van der Waals surface area (Å²) in [4.78, 5) is 27.1. The zero-order valence-electron chi connectivity index (χ0n) is 15.2. The number of nitrogens with one attached hydrogen (secondary N) is 2. The average molecular weight is 359 g/mol. The maximum absolute atomic E-state index is 12.5. The van der Waals surface area contributed by atoms with E-state index in [9.17, 15) is 14.9 Å². The maximum Gasteiger partial charge on any atom is 0.251 e. The molecule has 4 rings (SSSR count). The molecule has 1 aliphatic carbocycles. The van der Waals surface area contributed by atoms with Crippen LogP contribution < -0.4 is 10.9 Å². The summed E-state index contributed by atoms with van der Waals surface area (Å²) < 4.78 is 0. The highest BCUT2D eigenvalue weighted by atomic mass is 16.2. The minimum atomic E-state index is -0.0601. The Morgan fingerprint density at radius 3 is 2.59 bits per heavy atom. The molecular formula is C22H21N3O2. The summed E-state index contributed by atoms with van der Waals surface area (Å²) in [5.74, 6) is 0.436. The minimum absolute atomic E-state index is 0.0401. The highest BCUT2D eigenvalue weighted by Gasteiger charge is 2.26. The maximum atomic E-state index is 12.5. The van der Waals surface area contributed by atoms with E-state index in [1.165, 1.54) is 0 Å². The third-order valence-electron chi connectivity index (χ3n) is 5.30. The second-order valence-corrected chi connectivity index (χ2v) is 7.37. The number of pyridine rings is 1. The van der Waals surface area contributed by atoms with E-state index in [0.717, 1.165) is 47.2 Å². The van der Waals surface area contributed by atoms with E-state index < -0.39 is 0 Å². The Hall–Kier alpha value is -3.13. The van der Waals surface area contributed by atoms with Gasteiger partial charge in [0.2, 0.25) is 5.91 Å². The molecule has 2 heterocycles. The van der Waals surface area contributed by atoms with Gasteiger partial charge in [0.1, 0.15) is 0 Å². The molecule has 1 aromatic heterocycles. The smallest absolute Gasteiger partial charge is 0.251 e. The first-order valence-corrected chi connectivity index (χ1v) is 9.31. The normalized spacial score (nSPS) is 19.6. The van der Waals surface area contributed by atoms with Gasteiger partial charge in [0.25, 0.3) is 5.56 Å². The fourth-order valence-corrected chi connectivity index (χ4v) is 3.62. The van der Waals surface area contributed by atoms with E-state index in [-0.39, 0.29) is 17.5 Å². The molecule has 2 N–H and O–H groups in total. The van der Waals surface area contributed by atoms with Crippen molar-refractivity contribution in [2.24, 2.45) is 0 Å². The van der Waals surface area contributed by atoms with Crippen LogP contribution in [0, 0.1) is 18.3 Å². The Balaban J connectivity index is 1.78. The number of hydrogen-bond acceptors (Lipinski definition) is 3. The zero-order valence-corrected chi connectivity index (χ0v) is 15.2. The molecule has 5 nitrogen and oxygen atoms in total. The number of hydrogen-bond donors (Lipinski definition) is 2. The van der Waals surface area contributed by atoms with Crippen LogP contribution in [0.1, 0.15) is 59.5 Å². The first-order valence-electron chi connectivity index (χ1n) is 9.31. The number of aromatic amines is 1. The summed E-state index contributed by atoms with van der Waals surface area (Å²) in [6, 6.07) is 11.6. The van der Waals surface area contributed by atoms with Crippen LogP contribution in [-0.2, 0) is 4.79 Å². The number of carbonyl (C=O) groups is 1. The quantitative estimate of drug-likeness (QED) is 0.879. The standard InChI is InChI=1S/C22H21N3O2/c1-13-10-15(4-5-16(13)12-23)19(11-17-6-9-21(26)24-17)20-8-7-18(14-2-3-14)22(27)25-20/h4-5,7-8,10-11,14,17H,2-3,6,9H2,1H3,(H,24,26)(H,25,27)/b19-11+/t17-/m1/s1. The minimum Gasteiger partial charge on any atom is -0.350 e. The highest BCUT2D eigenvalue weighted by Crippen LogP contribution is 2.38. The van der Waals surface area contributed by atoms with E-state index >= 15 is 0 Å². The van der Waals surface area contributed by atoms with Crippen molar-refractivity contribution in [2.75, 3.05) is 0 Å². The van der Waals surface area contributed by atoms with Gasteiger partial charge in [-0.05, 0) is 55.4 Å². The van der Waals surface area contributed by atoms with Crippen molar-refractivity contribution in [3.05, 3.63) is 74.7 Å². The molecule has 2 aromatic rings. The first kappa shape index (κ1) is 17.3. The van der Waals surface area contributed by atoms with Gasteiger partial charge in [-0.1, -0.05) is 24.3 Å². The molecule has 5 heteroatoms. The summed E-state index contributed by atoms with van der Waals surface area (Å²) in [6.45, 7) is 1.90. The summed E-state index contributed by atoms with van der Waals surface area (Å²) in [5.41, 5.74) is 4.84. The van der Waals surface area contributed by atoms with Gasteiger partial charge in [-0.2, -0.15) is 5.26 Å². The largest absolute Gasteiger partial charge is 0.350 e. The summed E-state index contributed by atoms with van der Waals surface area (Å²) >= 11 is 0. The van der Waals surface area contributed by atoms with E-state index in [0.29, 0.717) is 17.9 Å². The Kier molecular flexibility index (Phi) is 4.41. The third kappa shape index (κ3) is 3.56. The predicted molar refractivity (Wildman–Crippen MR) is 103 cm³/mol. The molecule has 1 saturated heterocycles. The molecule has 136 valence electrons. The van der Waals surface area contributed by atoms with E-state index in [2.05, 4.69) is 16.4 Å². The molecule has 1 aromatic carbocycles. The average Bonchev–Trinajstić information content (AvgIpc) is 3.41. The van der Waals surface area contributed by atoms with Crippen LogP contribution in [0.25, 0.3) is 5.57 Å². The summed E-state index contributed by atoms with van der Waals surface area (Å²) in [6.07, 6.45) is 5.41. The van der Waals surface area contributed by atoms with Gasteiger partial charge in [0.05, 0.1) is 11.6 Å². The van der Waals surface area contributed by atoms with Crippen molar-refractivity contribution in [1.29, 1.82) is 5.26 Å². The van der Waals surface area contributed by atoms with E-state index in [1.807, 2.05) is 37.3 Å². The molecular weight excluding hydrogens is 338 g/mol. The van der Waals surface area contributed by atoms with Gasteiger partial charge in [-0.15, -0.1) is 0 Å². The topological polar surface area (TPSA) is 85.8 Å². The van der Waals surface area contributed by atoms with Crippen LogP contribution in [0.15, 0.2) is 41.2 Å². The molecule has 0 radical (unpaired) electrons. The first-order chi connectivity index (χ1) is 13.0. The van der Waals surface area contributed by atoms with Crippen molar-refractivity contribution in [3.8, 4) is 6.07 Å². The second kappa shape index (κ2) is 6.88. The lowest BCUT2D eigenvalue weighted by Crippen LogP contribution is -2.23. The molecule has 1 aliphatic heterocycles. The molecule has 2 fully saturated rings. The number of nitriles is 1. The monoisotopic (exact) mass is 359 g/mol. The molecule has 2 aliphatic rings. The molecule has 1 saturated carbocycles. The van der Waals surface area contributed by atoms with Crippen LogP contribution in [0.3, 0.4) is 0 Å². The Labute approximate surface area is 157 Å². The van der Waals surface area contributed by atoms with Crippen LogP contribution in [0.4, 0.5) is 0 Å². The highest BCUT2D eigenvalue weighted by molar-refractivity contribution is 5.82. The number of benzene rings is 1. The SMILES string of the molecule is Cc1cc(/C(=C\[C@H]2CCC(=O)N2)c2ccc(C3CC3)c(=O)[nH]2)ccc1C#N. The van der Waals surface area contributed by atoms with Gasteiger partial charge >= 0.3 is 0 Å². The number of carbonyl (C=O) groups excluding carboxylic acids is 1. The van der Waals surface area contributed by atoms with Crippen molar-refractivity contribution < 1.29 is 4.79 Å².